The number of nitrogens with two attached hydrogens (primary N) is 1. The Morgan fingerprint density at radius 2 is 1.87 bits per heavy atom. The number of anilines is 1. The van der Waals surface area contributed by atoms with Crippen LogP contribution >= 0.6 is 0 Å². The second-order valence-corrected chi connectivity index (χ2v) is 7.43. The van der Waals surface area contributed by atoms with E-state index in [2.05, 4.69) is 20.5 Å². The van der Waals surface area contributed by atoms with Gasteiger partial charge in [0.15, 0.2) is 6.29 Å². The van der Waals surface area contributed by atoms with Crippen LogP contribution in [-0.2, 0) is 11.3 Å². The zero-order chi connectivity index (χ0) is 22.1. The molecule has 31 heavy (non-hydrogen) atoms. The Hall–Kier alpha value is -3.45. The molecule has 0 radical (unpaired) electrons. The maximum Gasteiger partial charge on any atom is 0.255 e. The Morgan fingerprint density at radius 3 is 2.52 bits per heavy atom. The highest BCUT2D eigenvalue weighted by molar-refractivity contribution is 5.99. The van der Waals surface area contributed by atoms with Gasteiger partial charge in [-0.1, -0.05) is 6.07 Å². The molecule has 7 heteroatoms. The summed E-state index contributed by atoms with van der Waals surface area (Å²) in [6.07, 6.45) is 7.15. The van der Waals surface area contributed by atoms with Crippen LogP contribution in [0.3, 0.4) is 0 Å². The van der Waals surface area contributed by atoms with E-state index in [1.54, 1.807) is 18.2 Å². The molecular weight excluding hydrogens is 390 g/mol. The van der Waals surface area contributed by atoms with Gasteiger partial charge in [0.25, 0.3) is 5.91 Å². The first-order valence-electron chi connectivity index (χ1n) is 10.5. The number of carbonyl (C=O) groups excluding carboxylic acids is 2. The second-order valence-electron chi connectivity index (χ2n) is 7.43. The van der Waals surface area contributed by atoms with E-state index >= 15 is 0 Å². The predicted molar refractivity (Wildman–Crippen MR) is 123 cm³/mol. The number of aromatic nitrogens is 1. The Kier molecular flexibility index (Phi) is 7.95. The Morgan fingerprint density at radius 1 is 1.13 bits per heavy atom. The lowest BCUT2D eigenvalue weighted by atomic mass is 10.1. The lowest BCUT2D eigenvalue weighted by Crippen LogP contribution is -2.29. The first-order valence-corrected chi connectivity index (χ1v) is 10.5. The number of pyridine rings is 1. The molecule has 0 atom stereocenters. The molecule has 0 saturated carbocycles. The van der Waals surface area contributed by atoms with E-state index in [-0.39, 0.29) is 11.6 Å². The van der Waals surface area contributed by atoms with Gasteiger partial charge in [0.1, 0.15) is 0 Å². The average molecular weight is 420 g/mol. The molecule has 2 aromatic rings. The molecule has 3 rings (SSSR count). The molecule has 1 aromatic carbocycles. The van der Waals surface area contributed by atoms with Gasteiger partial charge in [0, 0.05) is 42.7 Å². The van der Waals surface area contributed by atoms with Crippen LogP contribution in [0.5, 0.6) is 0 Å². The third-order valence-corrected chi connectivity index (χ3v) is 5.19. The van der Waals surface area contributed by atoms with E-state index in [0.29, 0.717) is 29.7 Å². The van der Waals surface area contributed by atoms with Crippen molar-refractivity contribution in [3.8, 4) is 0 Å². The maximum atomic E-state index is 12.6. The van der Waals surface area contributed by atoms with Crippen LogP contribution in [0.1, 0.15) is 41.0 Å². The van der Waals surface area contributed by atoms with E-state index in [9.17, 15) is 9.59 Å². The van der Waals surface area contributed by atoms with Crippen LogP contribution in [0.25, 0.3) is 5.57 Å². The van der Waals surface area contributed by atoms with Crippen LogP contribution in [0.4, 0.5) is 5.69 Å². The molecule has 7 nitrogen and oxygen atoms in total. The minimum absolute atomic E-state index is 0.114. The van der Waals surface area contributed by atoms with Gasteiger partial charge in [0.2, 0.25) is 0 Å². The van der Waals surface area contributed by atoms with E-state index < -0.39 is 0 Å². The smallest absolute Gasteiger partial charge is 0.255 e. The number of nitrogens with zero attached hydrogens (tertiary/aromatic N) is 2. The summed E-state index contributed by atoms with van der Waals surface area (Å²) in [6, 6.07) is 13.0. The highest BCUT2D eigenvalue weighted by atomic mass is 16.2. The average Bonchev–Trinajstić information content (AvgIpc) is 2.82. The van der Waals surface area contributed by atoms with Gasteiger partial charge in [-0.05, 0) is 68.8 Å². The monoisotopic (exact) mass is 419 g/mol. The molecule has 0 aliphatic carbocycles. The van der Waals surface area contributed by atoms with E-state index in [1.165, 1.54) is 31.5 Å². The van der Waals surface area contributed by atoms with E-state index in [1.807, 2.05) is 31.3 Å². The summed E-state index contributed by atoms with van der Waals surface area (Å²) in [4.78, 5) is 31.1. The molecule has 0 bridgehead atoms. The standard InChI is InChI=1S/C24H29N5O2/c1-26-16-20-6-5-7-23(27-20)19(15-25)14-21(17-30)28-24(31)18-8-10-22(11-9-18)29-12-3-2-4-13-29/h5-11,14-15,17,26H,2-4,12-13,16,25H2,1H3,(H,28,31)/b19-15+,21-14+. The predicted octanol–water partition coefficient (Wildman–Crippen LogP) is 2.60. The zero-order valence-electron chi connectivity index (χ0n) is 17.8. The van der Waals surface area contributed by atoms with Crippen LogP contribution in [0, 0.1) is 0 Å². The molecule has 1 aromatic heterocycles. The number of nitrogens with one attached hydrogen (secondary N) is 2. The summed E-state index contributed by atoms with van der Waals surface area (Å²) < 4.78 is 0. The molecule has 4 N–H and O–H groups in total. The SMILES string of the molecule is CNCc1cccc(C(/C=C(\C=O)NC(=O)c2ccc(N3CCCCC3)cc2)=C/N)n1. The number of allylic oxidation sites excluding steroid dienone is 3. The van der Waals surface area contributed by atoms with Crippen molar-refractivity contribution in [2.45, 2.75) is 25.8 Å². The molecule has 1 amide bonds. The summed E-state index contributed by atoms with van der Waals surface area (Å²) in [7, 11) is 1.84. The van der Waals surface area contributed by atoms with Crippen molar-refractivity contribution in [1.29, 1.82) is 0 Å². The lowest BCUT2D eigenvalue weighted by molar-refractivity contribution is -0.105. The Balaban J connectivity index is 1.71. The largest absolute Gasteiger partial charge is 0.404 e. The fraction of sp³-hybridized carbons (Fsp3) is 0.292. The topological polar surface area (TPSA) is 100 Å². The molecule has 1 fully saturated rings. The van der Waals surface area contributed by atoms with Crippen molar-refractivity contribution < 1.29 is 9.59 Å². The number of rotatable bonds is 8. The lowest BCUT2D eigenvalue weighted by Gasteiger charge is -2.28. The van der Waals surface area contributed by atoms with Crippen molar-refractivity contribution >= 4 is 23.5 Å². The number of piperidine rings is 1. The summed E-state index contributed by atoms with van der Waals surface area (Å²) in [5, 5.41) is 5.70. The summed E-state index contributed by atoms with van der Waals surface area (Å²) >= 11 is 0. The van der Waals surface area contributed by atoms with E-state index in [4.69, 9.17) is 5.73 Å². The van der Waals surface area contributed by atoms with Gasteiger partial charge in [-0.25, -0.2) is 0 Å². The fourth-order valence-corrected chi connectivity index (χ4v) is 3.57. The number of carbonyl (C=O) groups is 2. The normalized spacial score (nSPS) is 14.9. The van der Waals surface area contributed by atoms with Crippen molar-refractivity contribution in [3.05, 3.63) is 77.4 Å². The summed E-state index contributed by atoms with van der Waals surface area (Å²) in [6.45, 7) is 2.70. The Labute approximate surface area is 183 Å². The van der Waals surface area contributed by atoms with Gasteiger partial charge in [-0.3, -0.25) is 14.6 Å². The van der Waals surface area contributed by atoms with Gasteiger partial charge in [0.05, 0.1) is 17.1 Å². The summed E-state index contributed by atoms with van der Waals surface area (Å²) in [5.41, 5.74) is 9.49. The highest BCUT2D eigenvalue weighted by Crippen LogP contribution is 2.20. The molecular formula is C24H29N5O2. The van der Waals surface area contributed by atoms with Crippen molar-refractivity contribution in [3.63, 3.8) is 0 Å². The number of benzene rings is 1. The molecule has 162 valence electrons. The van der Waals surface area contributed by atoms with Crippen molar-refractivity contribution in [2.75, 3.05) is 25.0 Å². The highest BCUT2D eigenvalue weighted by Gasteiger charge is 2.13. The quantitative estimate of drug-likeness (QED) is 0.345. The molecule has 1 aliphatic rings. The molecule has 1 aliphatic heterocycles. The van der Waals surface area contributed by atoms with Crippen LogP contribution in [0.2, 0.25) is 0 Å². The van der Waals surface area contributed by atoms with Gasteiger partial charge in [-0.15, -0.1) is 0 Å². The zero-order valence-corrected chi connectivity index (χ0v) is 17.8. The Bertz CT molecular complexity index is 960. The molecule has 0 spiro atoms. The third-order valence-electron chi connectivity index (χ3n) is 5.19. The fourth-order valence-electron chi connectivity index (χ4n) is 3.57. The van der Waals surface area contributed by atoms with Crippen LogP contribution in [0.15, 0.2) is 60.4 Å². The second kappa shape index (κ2) is 11.1. The summed E-state index contributed by atoms with van der Waals surface area (Å²) in [5.74, 6) is -0.350. The minimum atomic E-state index is -0.350. The van der Waals surface area contributed by atoms with Crippen LogP contribution < -0.4 is 21.3 Å². The van der Waals surface area contributed by atoms with Gasteiger partial charge >= 0.3 is 0 Å². The molecule has 2 heterocycles. The first-order chi connectivity index (χ1) is 15.1. The third kappa shape index (κ3) is 6.02. The molecule has 0 unspecified atom stereocenters. The number of aldehydes is 1. The van der Waals surface area contributed by atoms with Crippen LogP contribution in [-0.4, -0.2) is 37.3 Å². The maximum absolute atomic E-state index is 12.6. The number of amides is 1. The number of hydrogen-bond donors (Lipinski definition) is 3. The minimum Gasteiger partial charge on any atom is -0.404 e. The molecule has 1 saturated heterocycles. The van der Waals surface area contributed by atoms with Crippen molar-refractivity contribution in [1.82, 2.24) is 15.6 Å². The van der Waals surface area contributed by atoms with E-state index in [0.717, 1.165) is 24.5 Å². The van der Waals surface area contributed by atoms with Crippen molar-refractivity contribution in [2.24, 2.45) is 5.73 Å². The van der Waals surface area contributed by atoms with Gasteiger partial charge < -0.3 is 21.3 Å². The first kappa shape index (κ1) is 22.2. The van der Waals surface area contributed by atoms with Gasteiger partial charge in [-0.2, -0.15) is 0 Å². The number of hydrogen-bond acceptors (Lipinski definition) is 6.